The van der Waals surface area contributed by atoms with Crippen LogP contribution >= 0.6 is 22.9 Å². The normalized spacial score (nSPS) is 10.8. The van der Waals surface area contributed by atoms with E-state index < -0.39 is 0 Å². The fraction of sp³-hybridized carbons (Fsp3) is 0.333. The van der Waals surface area contributed by atoms with E-state index >= 15 is 0 Å². The minimum Gasteiger partial charge on any atom is -0.282 e. The van der Waals surface area contributed by atoms with Gasteiger partial charge in [-0.15, -0.1) is 0 Å². The molecule has 0 aliphatic rings. The molecule has 0 radical (unpaired) electrons. The molecule has 0 saturated heterocycles. The van der Waals surface area contributed by atoms with Crippen LogP contribution in [0.25, 0.3) is 0 Å². The number of aryl methyl sites for hydroxylation is 6. The van der Waals surface area contributed by atoms with Crippen LogP contribution in [0.15, 0.2) is 24.3 Å². The first-order valence-electron chi connectivity index (χ1n) is 6.93. The summed E-state index contributed by atoms with van der Waals surface area (Å²) in [7, 11) is 0. The number of rotatable bonds is 2. The molecule has 0 N–H and O–H groups in total. The third-order valence-corrected chi connectivity index (χ3v) is 4.86. The van der Waals surface area contributed by atoms with Gasteiger partial charge in [-0.3, -0.25) is 3.11 Å². The Morgan fingerprint density at radius 3 is 1.70 bits per heavy atom. The Labute approximate surface area is 136 Å². The third kappa shape index (κ3) is 2.85. The highest BCUT2D eigenvalue weighted by atomic mass is 127. The molecule has 0 aliphatic carbocycles. The predicted molar refractivity (Wildman–Crippen MR) is 97.5 cm³/mol. The molecule has 0 unspecified atom stereocenters. The monoisotopic (exact) mass is 379 g/mol. The van der Waals surface area contributed by atoms with Gasteiger partial charge in [0.05, 0.1) is 34.2 Å². The summed E-state index contributed by atoms with van der Waals surface area (Å²) in [6, 6.07) is 9.07. The van der Waals surface area contributed by atoms with Crippen molar-refractivity contribution in [3.63, 3.8) is 0 Å². The van der Waals surface area contributed by atoms with E-state index in [1.54, 1.807) is 0 Å². The zero-order valence-corrected chi connectivity index (χ0v) is 15.3. The van der Waals surface area contributed by atoms with E-state index in [2.05, 4.69) is 91.8 Å². The number of hydrogen-bond acceptors (Lipinski definition) is 1. The van der Waals surface area contributed by atoms with Crippen LogP contribution in [-0.4, -0.2) is 0 Å². The van der Waals surface area contributed by atoms with Crippen LogP contribution in [0.3, 0.4) is 0 Å². The third-order valence-electron chi connectivity index (χ3n) is 3.86. The molecular formula is C18H22IN. The summed E-state index contributed by atoms with van der Waals surface area (Å²) in [5, 5.41) is 0. The molecule has 0 aliphatic heterocycles. The van der Waals surface area contributed by atoms with Gasteiger partial charge in [0.25, 0.3) is 0 Å². The lowest BCUT2D eigenvalue weighted by Gasteiger charge is -2.24. The van der Waals surface area contributed by atoms with Gasteiger partial charge in [-0.1, -0.05) is 23.8 Å². The summed E-state index contributed by atoms with van der Waals surface area (Å²) in [6.45, 7) is 13.1. The van der Waals surface area contributed by atoms with Crippen molar-refractivity contribution in [2.24, 2.45) is 0 Å². The second-order valence-corrected chi connectivity index (χ2v) is 6.72. The second-order valence-electron chi connectivity index (χ2n) is 5.75. The largest absolute Gasteiger partial charge is 0.282 e. The maximum Gasteiger partial charge on any atom is 0.0646 e. The van der Waals surface area contributed by atoms with Crippen LogP contribution < -0.4 is 3.11 Å². The Hall–Kier alpha value is -1.03. The predicted octanol–water partition coefficient (Wildman–Crippen LogP) is 6.03. The highest BCUT2D eigenvalue weighted by Gasteiger charge is 2.15. The van der Waals surface area contributed by atoms with Gasteiger partial charge in [0.1, 0.15) is 0 Å². The lowest BCUT2D eigenvalue weighted by molar-refractivity contribution is 1.25. The molecule has 0 spiro atoms. The van der Waals surface area contributed by atoms with Crippen molar-refractivity contribution < 1.29 is 0 Å². The van der Waals surface area contributed by atoms with Gasteiger partial charge in [0.2, 0.25) is 0 Å². The zero-order chi connectivity index (χ0) is 15.0. The number of hydrogen-bond donors (Lipinski definition) is 0. The standard InChI is InChI=1S/C18H22IN/c1-11-7-15(5)18(16(6)8-11)20(19)17-10-13(3)12(2)9-14(17)4/h7-10H,1-6H3. The van der Waals surface area contributed by atoms with E-state index in [0.717, 1.165) is 0 Å². The Balaban J connectivity index is 2.57. The van der Waals surface area contributed by atoms with Crippen LogP contribution in [0.5, 0.6) is 0 Å². The fourth-order valence-electron chi connectivity index (χ4n) is 2.76. The van der Waals surface area contributed by atoms with Crippen molar-refractivity contribution in [2.45, 2.75) is 41.5 Å². The first kappa shape index (κ1) is 15.4. The smallest absolute Gasteiger partial charge is 0.0646 e. The average molecular weight is 379 g/mol. The quantitative estimate of drug-likeness (QED) is 0.455. The average Bonchev–Trinajstić information content (AvgIpc) is 2.32. The van der Waals surface area contributed by atoms with E-state index in [9.17, 15) is 0 Å². The lowest BCUT2D eigenvalue weighted by Crippen LogP contribution is -2.07. The molecule has 0 fully saturated rings. The van der Waals surface area contributed by atoms with E-state index in [-0.39, 0.29) is 0 Å². The number of nitrogens with zero attached hydrogens (tertiary/aromatic N) is 1. The highest BCUT2D eigenvalue weighted by molar-refractivity contribution is 14.1. The van der Waals surface area contributed by atoms with Gasteiger partial charge in [-0.25, -0.2) is 0 Å². The number of anilines is 2. The molecule has 0 amide bonds. The Kier molecular flexibility index (Phi) is 4.43. The summed E-state index contributed by atoms with van der Waals surface area (Å²) in [6.07, 6.45) is 0. The summed E-state index contributed by atoms with van der Waals surface area (Å²) in [4.78, 5) is 0. The van der Waals surface area contributed by atoms with Crippen LogP contribution in [0.4, 0.5) is 11.4 Å². The fourth-order valence-corrected chi connectivity index (χ4v) is 4.04. The number of benzene rings is 2. The molecule has 2 heteroatoms. The van der Waals surface area contributed by atoms with Crippen molar-refractivity contribution >= 4 is 34.2 Å². The first-order valence-corrected chi connectivity index (χ1v) is 7.89. The molecular weight excluding hydrogens is 357 g/mol. The highest BCUT2D eigenvalue weighted by Crippen LogP contribution is 2.38. The minimum atomic E-state index is 1.28. The summed E-state index contributed by atoms with van der Waals surface area (Å²) < 4.78 is 2.30. The molecule has 106 valence electrons. The SMILES string of the molecule is Cc1cc(C)c(N(I)c2cc(C)c(C)cc2C)c(C)c1. The van der Waals surface area contributed by atoms with Crippen molar-refractivity contribution in [1.29, 1.82) is 0 Å². The van der Waals surface area contributed by atoms with Gasteiger partial charge >= 0.3 is 0 Å². The molecule has 0 heterocycles. The maximum absolute atomic E-state index is 2.42. The Bertz CT molecular complexity index is 636. The van der Waals surface area contributed by atoms with E-state index in [1.807, 2.05) is 0 Å². The summed E-state index contributed by atoms with van der Waals surface area (Å²) in [5.41, 5.74) is 10.6. The molecule has 0 saturated carbocycles. The van der Waals surface area contributed by atoms with Crippen molar-refractivity contribution in [1.82, 2.24) is 0 Å². The molecule has 0 atom stereocenters. The van der Waals surface area contributed by atoms with Crippen molar-refractivity contribution in [3.05, 3.63) is 57.6 Å². The van der Waals surface area contributed by atoms with E-state index in [0.29, 0.717) is 0 Å². The molecule has 2 aromatic carbocycles. The maximum atomic E-state index is 2.42. The lowest BCUT2D eigenvalue weighted by atomic mass is 10.0. The van der Waals surface area contributed by atoms with Gasteiger partial charge in [-0.2, -0.15) is 0 Å². The number of halogens is 1. The molecule has 2 rings (SSSR count). The van der Waals surface area contributed by atoms with Crippen molar-refractivity contribution in [3.8, 4) is 0 Å². The van der Waals surface area contributed by atoms with Crippen LogP contribution in [0, 0.1) is 41.5 Å². The summed E-state index contributed by atoms with van der Waals surface area (Å²) in [5.74, 6) is 0. The second kappa shape index (κ2) is 5.76. The van der Waals surface area contributed by atoms with Crippen molar-refractivity contribution in [2.75, 3.05) is 3.11 Å². The van der Waals surface area contributed by atoms with Crippen LogP contribution in [0.1, 0.15) is 33.4 Å². The summed E-state index contributed by atoms with van der Waals surface area (Å²) >= 11 is 2.42. The molecule has 0 aromatic heterocycles. The van der Waals surface area contributed by atoms with Crippen LogP contribution in [0.2, 0.25) is 0 Å². The Morgan fingerprint density at radius 1 is 0.650 bits per heavy atom. The topological polar surface area (TPSA) is 3.24 Å². The molecule has 20 heavy (non-hydrogen) atoms. The zero-order valence-electron chi connectivity index (χ0n) is 13.1. The minimum absolute atomic E-state index is 1.28. The Morgan fingerprint density at radius 2 is 1.15 bits per heavy atom. The molecule has 1 nitrogen and oxygen atoms in total. The van der Waals surface area contributed by atoms with E-state index in [1.165, 1.54) is 44.8 Å². The molecule has 2 aromatic rings. The van der Waals surface area contributed by atoms with Gasteiger partial charge in [0, 0.05) is 0 Å². The van der Waals surface area contributed by atoms with Gasteiger partial charge in [-0.05, 0) is 75.4 Å². The molecule has 0 bridgehead atoms. The first-order chi connectivity index (χ1) is 9.31. The van der Waals surface area contributed by atoms with E-state index in [4.69, 9.17) is 0 Å². The van der Waals surface area contributed by atoms with Crippen LogP contribution in [-0.2, 0) is 0 Å². The van der Waals surface area contributed by atoms with Gasteiger partial charge in [0.15, 0.2) is 0 Å². The van der Waals surface area contributed by atoms with Gasteiger partial charge < -0.3 is 0 Å².